The van der Waals surface area contributed by atoms with Gasteiger partial charge in [-0.3, -0.25) is 24.1 Å². The normalized spacial score (nSPS) is 19.7. The van der Waals surface area contributed by atoms with Crippen LogP contribution >= 0.6 is 11.6 Å². The molecule has 0 N–H and O–H groups in total. The number of rotatable bonds is 7. The maximum atomic E-state index is 13.0. The van der Waals surface area contributed by atoms with Gasteiger partial charge in [0.25, 0.3) is 11.8 Å². The molecule has 0 bridgehead atoms. The SMILES string of the molecule is C[Si](C)(C)CCOCN1C(=O)CCC(N2Cc3c(Cl)cc(C=O)cc3C2=O)C1=O. The molecule has 2 aliphatic heterocycles. The molecule has 0 aliphatic carbocycles. The lowest BCUT2D eigenvalue weighted by Crippen LogP contribution is -2.55. The topological polar surface area (TPSA) is 84.0 Å². The highest BCUT2D eigenvalue weighted by Gasteiger charge is 2.43. The van der Waals surface area contributed by atoms with Crippen molar-refractivity contribution in [2.75, 3.05) is 13.3 Å². The second-order valence-electron chi connectivity index (χ2n) is 8.64. The average Bonchev–Trinajstić information content (AvgIpc) is 2.97. The van der Waals surface area contributed by atoms with Crippen molar-refractivity contribution < 1.29 is 23.9 Å². The molecule has 1 unspecified atom stereocenters. The monoisotopic (exact) mass is 436 g/mol. The van der Waals surface area contributed by atoms with Crippen LogP contribution in [0.4, 0.5) is 0 Å². The molecule has 3 rings (SSSR count). The molecular weight excluding hydrogens is 412 g/mol. The molecule has 2 aliphatic rings. The van der Waals surface area contributed by atoms with E-state index in [4.69, 9.17) is 16.3 Å². The average molecular weight is 437 g/mol. The highest BCUT2D eigenvalue weighted by Crippen LogP contribution is 2.33. The maximum absolute atomic E-state index is 13.0. The van der Waals surface area contributed by atoms with Gasteiger partial charge in [0.2, 0.25) is 5.91 Å². The van der Waals surface area contributed by atoms with E-state index in [1.54, 1.807) is 0 Å². The first-order chi connectivity index (χ1) is 13.6. The summed E-state index contributed by atoms with van der Waals surface area (Å²) >= 11 is 6.23. The van der Waals surface area contributed by atoms with Gasteiger partial charge in [0, 0.05) is 49.4 Å². The van der Waals surface area contributed by atoms with Crippen molar-refractivity contribution in [1.82, 2.24) is 9.80 Å². The summed E-state index contributed by atoms with van der Waals surface area (Å²) in [6.07, 6.45) is 1.06. The Morgan fingerprint density at radius 2 is 1.97 bits per heavy atom. The molecule has 1 aromatic rings. The third-order valence-corrected chi connectivity index (χ3v) is 7.29. The summed E-state index contributed by atoms with van der Waals surface area (Å²) in [4.78, 5) is 51.7. The Labute approximate surface area is 175 Å². The van der Waals surface area contributed by atoms with Crippen LogP contribution in [0, 0.1) is 0 Å². The number of hydrogen-bond donors (Lipinski definition) is 0. The molecule has 2 heterocycles. The maximum Gasteiger partial charge on any atom is 0.255 e. The van der Waals surface area contributed by atoms with E-state index in [9.17, 15) is 19.2 Å². The zero-order chi connectivity index (χ0) is 21.3. The number of fused-ring (bicyclic) bond motifs is 1. The Kier molecular flexibility index (Phi) is 6.26. The molecule has 1 saturated heterocycles. The van der Waals surface area contributed by atoms with E-state index in [-0.39, 0.29) is 37.9 Å². The van der Waals surface area contributed by atoms with Gasteiger partial charge in [-0.15, -0.1) is 0 Å². The summed E-state index contributed by atoms with van der Waals surface area (Å²) in [5, 5.41) is 0.325. The summed E-state index contributed by atoms with van der Waals surface area (Å²) < 4.78 is 5.59. The van der Waals surface area contributed by atoms with Gasteiger partial charge in [-0.2, -0.15) is 0 Å². The van der Waals surface area contributed by atoms with Crippen LogP contribution in [-0.4, -0.2) is 61.3 Å². The molecule has 9 heteroatoms. The van der Waals surface area contributed by atoms with Crippen LogP contribution in [0.5, 0.6) is 0 Å². The Bertz CT molecular complexity index is 867. The van der Waals surface area contributed by atoms with E-state index >= 15 is 0 Å². The molecular formula is C20H25ClN2O5Si. The highest BCUT2D eigenvalue weighted by atomic mass is 35.5. The van der Waals surface area contributed by atoms with Crippen LogP contribution in [-0.2, 0) is 20.9 Å². The number of likely N-dealkylation sites (tertiary alicyclic amines) is 1. The van der Waals surface area contributed by atoms with Crippen molar-refractivity contribution in [1.29, 1.82) is 0 Å². The number of carbonyl (C=O) groups excluding carboxylic acids is 4. The predicted molar refractivity (Wildman–Crippen MR) is 111 cm³/mol. The Balaban J connectivity index is 1.72. The number of piperidine rings is 1. The summed E-state index contributed by atoms with van der Waals surface area (Å²) in [5.41, 5.74) is 1.25. The van der Waals surface area contributed by atoms with E-state index < -0.39 is 20.0 Å². The van der Waals surface area contributed by atoms with Gasteiger partial charge < -0.3 is 9.64 Å². The third-order valence-electron chi connectivity index (χ3n) is 5.25. The molecule has 7 nitrogen and oxygen atoms in total. The van der Waals surface area contributed by atoms with E-state index in [0.717, 1.165) is 10.9 Å². The quantitative estimate of drug-likeness (QED) is 0.284. The minimum atomic E-state index is -1.27. The zero-order valence-corrected chi connectivity index (χ0v) is 18.6. The fraction of sp³-hybridized carbons (Fsp3) is 0.500. The molecule has 0 aromatic heterocycles. The molecule has 3 amide bonds. The van der Waals surface area contributed by atoms with Crippen molar-refractivity contribution in [3.8, 4) is 0 Å². The summed E-state index contributed by atoms with van der Waals surface area (Å²) in [7, 11) is -1.27. The molecule has 1 fully saturated rings. The molecule has 29 heavy (non-hydrogen) atoms. The molecule has 0 saturated carbocycles. The molecule has 1 aromatic carbocycles. The van der Waals surface area contributed by atoms with Crippen molar-refractivity contribution >= 4 is 43.7 Å². The van der Waals surface area contributed by atoms with Gasteiger partial charge in [-0.05, 0) is 24.6 Å². The standard InChI is InChI=1S/C20H25ClN2O5Si/c1-29(2,3)7-6-28-12-23-18(25)5-4-17(20(23)27)22-10-15-14(19(22)26)8-13(11-24)9-16(15)21/h8-9,11,17H,4-7,10,12H2,1-3H3. The number of aldehydes is 1. The van der Waals surface area contributed by atoms with Crippen LogP contribution < -0.4 is 0 Å². The second-order valence-corrected chi connectivity index (χ2v) is 14.7. The molecule has 156 valence electrons. The first kappa shape index (κ1) is 21.7. The fourth-order valence-electron chi connectivity index (χ4n) is 3.51. The van der Waals surface area contributed by atoms with Gasteiger partial charge >= 0.3 is 0 Å². The fourth-order valence-corrected chi connectivity index (χ4v) is 4.55. The molecule has 0 radical (unpaired) electrons. The van der Waals surface area contributed by atoms with Crippen molar-refractivity contribution in [2.24, 2.45) is 0 Å². The van der Waals surface area contributed by atoms with Crippen LogP contribution in [0.25, 0.3) is 0 Å². The van der Waals surface area contributed by atoms with Crippen LogP contribution in [0.2, 0.25) is 30.7 Å². The lowest BCUT2D eigenvalue weighted by atomic mass is 10.0. The Morgan fingerprint density at radius 1 is 1.24 bits per heavy atom. The highest BCUT2D eigenvalue weighted by molar-refractivity contribution is 6.76. The number of hydrogen-bond acceptors (Lipinski definition) is 5. The van der Waals surface area contributed by atoms with Crippen molar-refractivity contribution in [2.45, 2.75) is 51.1 Å². The smallest absolute Gasteiger partial charge is 0.255 e. The lowest BCUT2D eigenvalue weighted by molar-refractivity contribution is -0.158. The van der Waals surface area contributed by atoms with E-state index in [1.807, 2.05) is 0 Å². The van der Waals surface area contributed by atoms with Gasteiger partial charge in [0.1, 0.15) is 19.1 Å². The minimum absolute atomic E-state index is 0.0936. The van der Waals surface area contributed by atoms with Crippen LogP contribution in [0.15, 0.2) is 12.1 Å². The number of halogens is 1. The van der Waals surface area contributed by atoms with Crippen molar-refractivity contribution in [3.63, 3.8) is 0 Å². The van der Waals surface area contributed by atoms with Gasteiger partial charge in [-0.25, -0.2) is 0 Å². The number of carbonyl (C=O) groups is 4. The van der Waals surface area contributed by atoms with Crippen LogP contribution in [0.3, 0.4) is 0 Å². The Morgan fingerprint density at radius 3 is 2.62 bits per heavy atom. The number of imide groups is 1. The van der Waals surface area contributed by atoms with Gasteiger partial charge in [-0.1, -0.05) is 31.2 Å². The van der Waals surface area contributed by atoms with Gasteiger partial charge in [0.05, 0.1) is 0 Å². The zero-order valence-electron chi connectivity index (χ0n) is 16.9. The summed E-state index contributed by atoms with van der Waals surface area (Å²) in [5.74, 6) is -1.07. The van der Waals surface area contributed by atoms with E-state index in [2.05, 4.69) is 19.6 Å². The lowest BCUT2D eigenvalue weighted by Gasteiger charge is -2.35. The second kappa shape index (κ2) is 8.37. The number of amides is 3. The van der Waals surface area contributed by atoms with Gasteiger partial charge in [0.15, 0.2) is 0 Å². The first-order valence-electron chi connectivity index (χ1n) is 9.63. The predicted octanol–water partition coefficient (Wildman–Crippen LogP) is 2.94. The molecule has 0 spiro atoms. The third kappa shape index (κ3) is 4.60. The molecule has 1 atom stereocenters. The van der Waals surface area contributed by atoms with Crippen molar-refractivity contribution in [3.05, 3.63) is 33.8 Å². The summed E-state index contributed by atoms with van der Waals surface area (Å²) in [6, 6.07) is 3.19. The minimum Gasteiger partial charge on any atom is -0.361 e. The number of benzene rings is 1. The largest absolute Gasteiger partial charge is 0.361 e. The summed E-state index contributed by atoms with van der Waals surface area (Å²) in [6.45, 7) is 7.25. The van der Waals surface area contributed by atoms with E-state index in [0.29, 0.717) is 34.6 Å². The first-order valence-corrected chi connectivity index (χ1v) is 13.7. The van der Waals surface area contributed by atoms with Crippen LogP contribution in [0.1, 0.15) is 39.1 Å². The Hall–Kier alpha value is -2.03. The number of nitrogens with zero attached hydrogens (tertiary/aromatic N) is 2. The van der Waals surface area contributed by atoms with E-state index in [1.165, 1.54) is 17.0 Å². The number of ether oxygens (including phenoxy) is 1.